The van der Waals surface area contributed by atoms with E-state index in [9.17, 15) is 0 Å². The number of hydrogen-bond acceptors (Lipinski definition) is 4. The van der Waals surface area contributed by atoms with Crippen molar-refractivity contribution in [3.05, 3.63) is 59.1 Å². The maximum atomic E-state index is 6.06. The van der Waals surface area contributed by atoms with Crippen molar-refractivity contribution in [2.45, 2.75) is 6.04 Å². The standard InChI is InChI=1S/C19H21ClN4O/c20-15-7-5-14(6-8-15)18(24-9-11-25-12-10-24)13-21-19-22-16-3-1-2-4-17(16)23-19/h1-8,18H,9-13H2,(H2,21,22,23). The summed E-state index contributed by atoms with van der Waals surface area (Å²) in [6, 6.07) is 16.4. The second-order valence-corrected chi connectivity index (χ2v) is 6.64. The molecule has 1 aliphatic heterocycles. The zero-order chi connectivity index (χ0) is 17.1. The Morgan fingerprint density at radius 3 is 2.64 bits per heavy atom. The van der Waals surface area contributed by atoms with E-state index in [0.29, 0.717) is 0 Å². The first-order valence-electron chi connectivity index (χ1n) is 8.55. The first-order valence-corrected chi connectivity index (χ1v) is 8.93. The van der Waals surface area contributed by atoms with Gasteiger partial charge >= 0.3 is 0 Å². The van der Waals surface area contributed by atoms with Crippen molar-refractivity contribution in [3.63, 3.8) is 0 Å². The van der Waals surface area contributed by atoms with Gasteiger partial charge in [-0.2, -0.15) is 0 Å². The van der Waals surface area contributed by atoms with Gasteiger partial charge in [0.1, 0.15) is 0 Å². The Bertz CT molecular complexity index is 794. The van der Waals surface area contributed by atoms with E-state index < -0.39 is 0 Å². The first-order chi connectivity index (χ1) is 12.3. The van der Waals surface area contributed by atoms with E-state index in [1.54, 1.807) is 0 Å². The van der Waals surface area contributed by atoms with Gasteiger partial charge in [0.15, 0.2) is 0 Å². The van der Waals surface area contributed by atoms with Gasteiger partial charge in [-0.1, -0.05) is 35.9 Å². The van der Waals surface area contributed by atoms with Crippen molar-refractivity contribution in [2.24, 2.45) is 0 Å². The maximum Gasteiger partial charge on any atom is 0.201 e. The smallest absolute Gasteiger partial charge is 0.201 e. The van der Waals surface area contributed by atoms with Gasteiger partial charge in [0.25, 0.3) is 0 Å². The molecule has 2 heterocycles. The minimum absolute atomic E-state index is 0.245. The van der Waals surface area contributed by atoms with Crippen molar-refractivity contribution in [1.82, 2.24) is 14.9 Å². The van der Waals surface area contributed by atoms with Gasteiger partial charge in [0, 0.05) is 24.7 Å². The molecule has 1 unspecified atom stereocenters. The Kier molecular flexibility index (Phi) is 4.88. The van der Waals surface area contributed by atoms with Crippen molar-refractivity contribution < 1.29 is 4.74 Å². The predicted octanol–water partition coefficient (Wildman–Crippen LogP) is 3.70. The Labute approximate surface area is 152 Å². The summed E-state index contributed by atoms with van der Waals surface area (Å²) in [5.41, 5.74) is 3.26. The molecule has 2 N–H and O–H groups in total. The molecule has 0 aliphatic carbocycles. The van der Waals surface area contributed by atoms with E-state index in [1.165, 1.54) is 5.56 Å². The number of ether oxygens (including phenoxy) is 1. The number of H-pyrrole nitrogens is 1. The van der Waals surface area contributed by atoms with Gasteiger partial charge in [-0.15, -0.1) is 0 Å². The van der Waals surface area contributed by atoms with Crippen LogP contribution in [0.4, 0.5) is 5.95 Å². The number of halogens is 1. The fourth-order valence-electron chi connectivity index (χ4n) is 3.26. The second kappa shape index (κ2) is 7.44. The number of para-hydroxylation sites is 2. The molecule has 25 heavy (non-hydrogen) atoms. The van der Waals surface area contributed by atoms with Crippen molar-refractivity contribution >= 4 is 28.6 Å². The van der Waals surface area contributed by atoms with Crippen LogP contribution in [0, 0.1) is 0 Å². The number of nitrogens with zero attached hydrogens (tertiary/aromatic N) is 2. The van der Waals surface area contributed by atoms with E-state index in [1.807, 2.05) is 36.4 Å². The number of hydrogen-bond donors (Lipinski definition) is 2. The number of morpholine rings is 1. The normalized spacial score (nSPS) is 16.8. The molecule has 1 fully saturated rings. The third-order valence-corrected chi connectivity index (χ3v) is 4.85. The topological polar surface area (TPSA) is 53.2 Å². The molecule has 130 valence electrons. The third kappa shape index (κ3) is 3.79. The fraction of sp³-hybridized carbons (Fsp3) is 0.316. The highest BCUT2D eigenvalue weighted by Crippen LogP contribution is 2.24. The summed E-state index contributed by atoms with van der Waals surface area (Å²) in [7, 11) is 0. The van der Waals surface area contributed by atoms with E-state index in [0.717, 1.165) is 54.9 Å². The number of rotatable bonds is 5. The van der Waals surface area contributed by atoms with Crippen LogP contribution in [0.1, 0.15) is 11.6 Å². The van der Waals surface area contributed by atoms with Gasteiger partial charge in [0.05, 0.1) is 30.3 Å². The molecule has 0 radical (unpaired) electrons. The lowest BCUT2D eigenvalue weighted by Crippen LogP contribution is -2.41. The van der Waals surface area contributed by atoms with Crippen LogP contribution in [0.5, 0.6) is 0 Å². The van der Waals surface area contributed by atoms with Crippen molar-refractivity contribution in [2.75, 3.05) is 38.2 Å². The van der Waals surface area contributed by atoms with Gasteiger partial charge in [-0.25, -0.2) is 4.98 Å². The largest absolute Gasteiger partial charge is 0.379 e. The minimum Gasteiger partial charge on any atom is -0.379 e. The highest BCUT2D eigenvalue weighted by Gasteiger charge is 2.22. The average molecular weight is 357 g/mol. The Balaban J connectivity index is 1.53. The minimum atomic E-state index is 0.245. The Morgan fingerprint density at radius 1 is 1.12 bits per heavy atom. The Morgan fingerprint density at radius 2 is 1.88 bits per heavy atom. The molecule has 1 atom stereocenters. The summed E-state index contributed by atoms with van der Waals surface area (Å²) in [5.74, 6) is 0.799. The number of fused-ring (bicyclic) bond motifs is 1. The second-order valence-electron chi connectivity index (χ2n) is 6.20. The Hall–Kier alpha value is -2.08. The van der Waals surface area contributed by atoms with E-state index >= 15 is 0 Å². The molecule has 0 spiro atoms. The van der Waals surface area contributed by atoms with Gasteiger partial charge in [-0.3, -0.25) is 4.90 Å². The molecule has 2 aromatic carbocycles. The zero-order valence-corrected chi connectivity index (χ0v) is 14.7. The lowest BCUT2D eigenvalue weighted by atomic mass is 10.0. The predicted molar refractivity (Wildman–Crippen MR) is 101 cm³/mol. The number of benzene rings is 2. The number of nitrogens with one attached hydrogen (secondary N) is 2. The first kappa shape index (κ1) is 16.4. The number of anilines is 1. The number of imidazole rings is 1. The summed E-state index contributed by atoms with van der Waals surface area (Å²) in [5, 5.41) is 4.22. The van der Waals surface area contributed by atoms with Gasteiger partial charge < -0.3 is 15.0 Å². The van der Waals surface area contributed by atoms with E-state index in [4.69, 9.17) is 16.3 Å². The molecule has 1 aliphatic rings. The number of aromatic nitrogens is 2. The van der Waals surface area contributed by atoms with Crippen LogP contribution in [-0.4, -0.2) is 47.7 Å². The van der Waals surface area contributed by atoms with E-state index in [-0.39, 0.29) is 6.04 Å². The molecule has 5 nitrogen and oxygen atoms in total. The summed E-state index contributed by atoms with van der Waals surface area (Å²) < 4.78 is 5.51. The quantitative estimate of drug-likeness (QED) is 0.732. The molecule has 1 saturated heterocycles. The summed E-state index contributed by atoms with van der Waals surface area (Å²) in [6.45, 7) is 4.16. The van der Waals surface area contributed by atoms with Gasteiger partial charge in [0.2, 0.25) is 5.95 Å². The SMILES string of the molecule is Clc1ccc(C(CNc2nc3ccccc3[nH]2)N2CCOCC2)cc1. The van der Waals surface area contributed by atoms with E-state index in [2.05, 4.69) is 32.3 Å². The highest BCUT2D eigenvalue weighted by molar-refractivity contribution is 6.30. The lowest BCUT2D eigenvalue weighted by molar-refractivity contribution is 0.0187. The zero-order valence-electron chi connectivity index (χ0n) is 13.9. The molecule has 0 amide bonds. The lowest BCUT2D eigenvalue weighted by Gasteiger charge is -2.35. The molecule has 6 heteroatoms. The van der Waals surface area contributed by atoms with Crippen LogP contribution < -0.4 is 5.32 Å². The van der Waals surface area contributed by atoms with Crippen LogP contribution in [0.15, 0.2) is 48.5 Å². The average Bonchev–Trinajstić information content (AvgIpc) is 3.07. The fourth-order valence-corrected chi connectivity index (χ4v) is 3.39. The molecular weight excluding hydrogens is 336 g/mol. The molecule has 4 rings (SSSR count). The van der Waals surface area contributed by atoms with Crippen LogP contribution >= 0.6 is 11.6 Å². The van der Waals surface area contributed by atoms with Gasteiger partial charge in [-0.05, 0) is 29.8 Å². The molecular formula is C19H21ClN4O. The van der Waals surface area contributed by atoms with Crippen LogP contribution in [-0.2, 0) is 4.74 Å². The highest BCUT2D eigenvalue weighted by atomic mass is 35.5. The summed E-state index contributed by atoms with van der Waals surface area (Å²) in [4.78, 5) is 10.4. The maximum absolute atomic E-state index is 6.06. The third-order valence-electron chi connectivity index (χ3n) is 4.59. The molecule has 3 aromatic rings. The van der Waals surface area contributed by atoms with Crippen molar-refractivity contribution in [1.29, 1.82) is 0 Å². The summed E-state index contributed by atoms with van der Waals surface area (Å²) in [6.07, 6.45) is 0. The number of aromatic amines is 1. The monoisotopic (exact) mass is 356 g/mol. The van der Waals surface area contributed by atoms with Crippen LogP contribution in [0.2, 0.25) is 5.02 Å². The molecule has 0 saturated carbocycles. The van der Waals surface area contributed by atoms with Crippen molar-refractivity contribution in [3.8, 4) is 0 Å². The molecule has 1 aromatic heterocycles. The van der Waals surface area contributed by atoms with Crippen LogP contribution in [0.25, 0.3) is 11.0 Å². The van der Waals surface area contributed by atoms with Crippen LogP contribution in [0.3, 0.4) is 0 Å². The molecule has 0 bridgehead atoms. The summed E-state index contributed by atoms with van der Waals surface area (Å²) >= 11 is 6.06.